The number of hydrogen-bond acceptors (Lipinski definition) is 6. The Morgan fingerprint density at radius 2 is 2.00 bits per heavy atom. The molecule has 2 aromatic rings. The Labute approximate surface area is 170 Å². The first-order valence-corrected chi connectivity index (χ1v) is 12.0. The fraction of sp³-hybridized carbons (Fsp3) is 0.500. The van der Waals surface area contributed by atoms with E-state index in [4.69, 9.17) is 4.18 Å². The van der Waals surface area contributed by atoms with E-state index in [1.807, 2.05) is 38.6 Å². The smallest absolute Gasteiger partial charge is 0.307 e. The summed E-state index contributed by atoms with van der Waals surface area (Å²) < 4.78 is 29.9. The van der Waals surface area contributed by atoms with E-state index in [1.165, 1.54) is 21.3 Å². The third kappa shape index (κ3) is 3.72. The molecule has 0 fully saturated rings. The van der Waals surface area contributed by atoms with Gasteiger partial charge in [0.1, 0.15) is 5.56 Å². The van der Waals surface area contributed by atoms with Crippen LogP contribution >= 0.6 is 11.8 Å². The zero-order chi connectivity index (χ0) is 20.9. The molecule has 0 radical (unpaired) electrons. The number of carbonyl (C=O) groups excluding carboxylic acids is 1. The van der Waals surface area contributed by atoms with Gasteiger partial charge in [-0.25, -0.2) is 4.68 Å². The molecule has 0 N–H and O–H groups in total. The molecule has 0 saturated heterocycles. The van der Waals surface area contributed by atoms with Crippen LogP contribution in [0.4, 0.5) is 0 Å². The van der Waals surface area contributed by atoms with E-state index < -0.39 is 10.1 Å². The van der Waals surface area contributed by atoms with E-state index in [0.717, 1.165) is 29.6 Å². The van der Waals surface area contributed by atoms with Crippen LogP contribution in [0.25, 0.3) is 0 Å². The van der Waals surface area contributed by atoms with Gasteiger partial charge in [0.15, 0.2) is 5.78 Å². The highest BCUT2D eigenvalue weighted by Crippen LogP contribution is 2.46. The van der Waals surface area contributed by atoms with Crippen LogP contribution < -0.4 is 4.18 Å². The van der Waals surface area contributed by atoms with Gasteiger partial charge >= 0.3 is 10.1 Å². The van der Waals surface area contributed by atoms with Crippen molar-refractivity contribution in [1.29, 1.82) is 0 Å². The van der Waals surface area contributed by atoms with Crippen molar-refractivity contribution in [3.8, 4) is 5.88 Å². The maximum atomic E-state index is 13.4. The van der Waals surface area contributed by atoms with E-state index in [0.29, 0.717) is 12.1 Å². The Morgan fingerprint density at radius 1 is 1.32 bits per heavy atom. The van der Waals surface area contributed by atoms with Crippen LogP contribution in [0.2, 0.25) is 0 Å². The predicted octanol–water partition coefficient (Wildman–Crippen LogP) is 3.86. The van der Waals surface area contributed by atoms with Gasteiger partial charge in [0, 0.05) is 17.0 Å². The summed E-state index contributed by atoms with van der Waals surface area (Å²) in [6, 6.07) is 1.90. The third-order valence-corrected chi connectivity index (χ3v) is 6.87. The fourth-order valence-electron chi connectivity index (χ4n) is 3.79. The van der Waals surface area contributed by atoms with Crippen LogP contribution in [-0.4, -0.2) is 36.0 Å². The lowest BCUT2D eigenvalue weighted by atomic mass is 9.77. The van der Waals surface area contributed by atoms with Gasteiger partial charge in [-0.15, -0.1) is 11.8 Å². The number of rotatable bonds is 5. The van der Waals surface area contributed by atoms with Crippen molar-refractivity contribution in [2.45, 2.75) is 57.9 Å². The second kappa shape index (κ2) is 7.22. The minimum atomic E-state index is -3.79. The molecule has 6 nitrogen and oxygen atoms in total. The molecule has 0 atom stereocenters. The quantitative estimate of drug-likeness (QED) is 0.538. The number of thioether (sulfide) groups is 1. The van der Waals surface area contributed by atoms with Crippen LogP contribution in [-0.2, 0) is 22.1 Å². The number of nitrogens with zero attached hydrogens (tertiary/aromatic N) is 2. The van der Waals surface area contributed by atoms with Crippen molar-refractivity contribution >= 4 is 27.7 Å². The molecule has 1 aromatic carbocycles. The van der Waals surface area contributed by atoms with Gasteiger partial charge in [0.25, 0.3) is 0 Å². The number of hydrogen-bond donors (Lipinski definition) is 0. The normalized spacial score (nSPS) is 15.9. The molecule has 8 heteroatoms. The summed E-state index contributed by atoms with van der Waals surface area (Å²) in [7, 11) is -3.79. The Kier molecular flexibility index (Phi) is 5.40. The van der Waals surface area contributed by atoms with E-state index >= 15 is 0 Å². The molecular weight excluding hydrogens is 396 g/mol. The first-order valence-electron chi connectivity index (χ1n) is 9.23. The lowest BCUT2D eigenvalue weighted by Crippen LogP contribution is -2.26. The Morgan fingerprint density at radius 3 is 2.61 bits per heavy atom. The first-order chi connectivity index (χ1) is 13.0. The van der Waals surface area contributed by atoms with Crippen molar-refractivity contribution in [1.82, 2.24) is 9.78 Å². The molecule has 0 bridgehead atoms. The minimum Gasteiger partial charge on any atom is -0.361 e. The van der Waals surface area contributed by atoms with Crippen molar-refractivity contribution in [3.05, 3.63) is 40.1 Å². The zero-order valence-corrected chi connectivity index (χ0v) is 18.8. The molecule has 1 aliphatic heterocycles. The summed E-state index contributed by atoms with van der Waals surface area (Å²) in [6.07, 6.45) is 3.39. The van der Waals surface area contributed by atoms with Crippen molar-refractivity contribution < 1.29 is 17.4 Å². The lowest BCUT2D eigenvalue weighted by molar-refractivity contribution is 0.103. The molecule has 0 amide bonds. The maximum absolute atomic E-state index is 13.4. The lowest BCUT2D eigenvalue weighted by Gasteiger charge is -2.35. The van der Waals surface area contributed by atoms with Crippen molar-refractivity contribution in [2.24, 2.45) is 0 Å². The highest BCUT2D eigenvalue weighted by molar-refractivity contribution is 7.99. The number of aryl methyl sites for hydroxylation is 2. The van der Waals surface area contributed by atoms with Crippen molar-refractivity contribution in [2.75, 3.05) is 12.0 Å². The molecule has 1 aliphatic rings. The minimum absolute atomic E-state index is 0.0224. The second-order valence-electron chi connectivity index (χ2n) is 7.85. The molecule has 28 heavy (non-hydrogen) atoms. The van der Waals surface area contributed by atoms with Crippen LogP contribution in [0.15, 0.2) is 17.2 Å². The number of carbonyl (C=O) groups is 1. The molecule has 0 unspecified atom stereocenters. The first kappa shape index (κ1) is 20.9. The van der Waals surface area contributed by atoms with Gasteiger partial charge in [-0.3, -0.25) is 4.79 Å². The largest absolute Gasteiger partial charge is 0.361 e. The zero-order valence-electron chi connectivity index (χ0n) is 17.1. The van der Waals surface area contributed by atoms with Crippen LogP contribution in [0, 0.1) is 13.8 Å². The molecule has 152 valence electrons. The van der Waals surface area contributed by atoms with Gasteiger partial charge in [-0.05, 0) is 61.1 Å². The van der Waals surface area contributed by atoms with E-state index in [1.54, 1.807) is 0 Å². The van der Waals surface area contributed by atoms with E-state index in [-0.39, 0.29) is 22.6 Å². The Hall–Kier alpha value is -1.80. The van der Waals surface area contributed by atoms with Gasteiger partial charge < -0.3 is 4.18 Å². The van der Waals surface area contributed by atoms with Gasteiger partial charge in [0.05, 0.1) is 12.5 Å². The summed E-state index contributed by atoms with van der Waals surface area (Å²) in [5.41, 5.74) is 3.93. The summed E-state index contributed by atoms with van der Waals surface area (Å²) in [5.74, 6) is 0.759. The average Bonchev–Trinajstić information content (AvgIpc) is 2.97. The summed E-state index contributed by atoms with van der Waals surface area (Å²) in [5, 5.41) is 4.14. The Bertz CT molecular complexity index is 1050. The molecule has 0 aliphatic carbocycles. The van der Waals surface area contributed by atoms with Crippen LogP contribution in [0.3, 0.4) is 0 Å². The Balaban J connectivity index is 2.18. The standard InChI is InChI=1S/C20H26N2O4S2/c1-7-22-19(26-28(6,24)25)15(11-21-22)17(23)14-10-12(2)18-16(13(14)3)20(4,5)8-9-27-18/h10-11H,7-9H2,1-6H3. The number of ketones is 1. The monoisotopic (exact) mass is 422 g/mol. The number of aromatic nitrogens is 2. The molecule has 0 saturated carbocycles. The third-order valence-electron chi connectivity index (χ3n) is 5.19. The number of benzene rings is 1. The molecule has 2 heterocycles. The SMILES string of the molecule is CCn1ncc(C(=O)c2cc(C)c3c(c2C)C(C)(C)CCS3)c1OS(C)(=O)=O. The predicted molar refractivity (Wildman–Crippen MR) is 111 cm³/mol. The second-order valence-corrected chi connectivity index (χ2v) is 10.5. The van der Waals surface area contributed by atoms with Crippen LogP contribution in [0.5, 0.6) is 5.88 Å². The van der Waals surface area contributed by atoms with Crippen LogP contribution in [0.1, 0.15) is 59.8 Å². The highest BCUT2D eigenvalue weighted by Gasteiger charge is 2.33. The summed E-state index contributed by atoms with van der Waals surface area (Å²) >= 11 is 1.84. The molecule has 1 aromatic heterocycles. The highest BCUT2D eigenvalue weighted by atomic mass is 32.2. The molecule has 3 rings (SSSR count). The topological polar surface area (TPSA) is 78.3 Å². The molecule has 0 spiro atoms. The fourth-order valence-corrected chi connectivity index (χ4v) is 5.93. The molecular formula is C20H26N2O4S2. The summed E-state index contributed by atoms with van der Waals surface area (Å²) in [4.78, 5) is 14.7. The summed E-state index contributed by atoms with van der Waals surface area (Å²) in [6.45, 7) is 10.6. The van der Waals surface area contributed by atoms with Gasteiger partial charge in [0.2, 0.25) is 5.88 Å². The van der Waals surface area contributed by atoms with Gasteiger partial charge in [-0.1, -0.05) is 13.8 Å². The number of fused-ring (bicyclic) bond motifs is 1. The van der Waals surface area contributed by atoms with E-state index in [2.05, 4.69) is 18.9 Å². The average molecular weight is 423 g/mol. The van der Waals surface area contributed by atoms with Crippen molar-refractivity contribution in [3.63, 3.8) is 0 Å². The van der Waals surface area contributed by atoms with E-state index in [9.17, 15) is 13.2 Å². The maximum Gasteiger partial charge on any atom is 0.307 e. The van der Waals surface area contributed by atoms with Gasteiger partial charge in [-0.2, -0.15) is 13.5 Å².